The molecule has 1 unspecified atom stereocenters. The van der Waals surface area contributed by atoms with Crippen molar-refractivity contribution in [2.75, 3.05) is 33.4 Å². The van der Waals surface area contributed by atoms with Crippen molar-refractivity contribution < 1.29 is 4.74 Å². The molecule has 0 radical (unpaired) electrons. The van der Waals surface area contributed by atoms with Crippen molar-refractivity contribution in [3.05, 3.63) is 0 Å². The fourth-order valence-electron chi connectivity index (χ4n) is 1.87. The van der Waals surface area contributed by atoms with Gasteiger partial charge in [0.25, 0.3) is 0 Å². The van der Waals surface area contributed by atoms with E-state index in [9.17, 15) is 0 Å². The Labute approximate surface area is 94.0 Å². The Kier molecular flexibility index (Phi) is 5.58. The lowest BCUT2D eigenvalue weighted by Crippen LogP contribution is -2.43. The summed E-state index contributed by atoms with van der Waals surface area (Å²) in [5.74, 6) is 1.48. The normalized spacial score (nSPS) is 18.8. The lowest BCUT2D eigenvalue weighted by Gasteiger charge is -2.29. The van der Waals surface area contributed by atoms with E-state index in [2.05, 4.69) is 25.8 Å². The van der Waals surface area contributed by atoms with Gasteiger partial charge in [0.05, 0.1) is 6.61 Å². The molecule has 0 bridgehead atoms. The Balaban J connectivity index is 2.06. The number of nitrogens with two attached hydrogens (primary N) is 1. The molecule has 3 heteroatoms. The van der Waals surface area contributed by atoms with Crippen LogP contribution < -0.4 is 5.73 Å². The van der Waals surface area contributed by atoms with Crippen LogP contribution in [0.1, 0.15) is 26.7 Å². The van der Waals surface area contributed by atoms with Crippen molar-refractivity contribution in [1.82, 2.24) is 4.90 Å². The van der Waals surface area contributed by atoms with E-state index >= 15 is 0 Å². The van der Waals surface area contributed by atoms with Crippen LogP contribution in [0.2, 0.25) is 0 Å². The third-order valence-electron chi connectivity index (χ3n) is 3.22. The summed E-state index contributed by atoms with van der Waals surface area (Å²) in [4.78, 5) is 2.32. The highest BCUT2D eigenvalue weighted by Gasteiger charge is 2.21. The third-order valence-corrected chi connectivity index (χ3v) is 3.22. The van der Waals surface area contributed by atoms with Crippen LogP contribution in [0.5, 0.6) is 0 Å². The predicted molar refractivity (Wildman–Crippen MR) is 63.9 cm³/mol. The first-order chi connectivity index (χ1) is 7.15. The van der Waals surface area contributed by atoms with Gasteiger partial charge in [0.2, 0.25) is 0 Å². The molecule has 1 atom stereocenters. The van der Waals surface area contributed by atoms with Crippen LogP contribution in [0, 0.1) is 11.8 Å². The molecular formula is C12H26N2O. The molecule has 1 rings (SSSR count). The lowest BCUT2D eigenvalue weighted by atomic mass is 10.0. The Morgan fingerprint density at radius 3 is 2.53 bits per heavy atom. The van der Waals surface area contributed by atoms with Crippen LogP contribution in [-0.4, -0.2) is 44.3 Å². The largest absolute Gasteiger partial charge is 0.380 e. The zero-order chi connectivity index (χ0) is 11.3. The number of nitrogens with zero attached hydrogens (tertiary/aromatic N) is 1. The molecule has 1 aliphatic rings. The van der Waals surface area contributed by atoms with Gasteiger partial charge >= 0.3 is 0 Å². The number of rotatable bonds is 8. The van der Waals surface area contributed by atoms with E-state index in [1.54, 1.807) is 0 Å². The highest BCUT2D eigenvalue weighted by molar-refractivity contribution is 4.74. The molecule has 0 spiro atoms. The first-order valence-corrected chi connectivity index (χ1v) is 6.13. The monoisotopic (exact) mass is 214 g/mol. The highest BCUT2D eigenvalue weighted by atomic mass is 16.5. The van der Waals surface area contributed by atoms with Gasteiger partial charge in [0, 0.05) is 25.7 Å². The minimum atomic E-state index is 0.481. The van der Waals surface area contributed by atoms with E-state index in [0.717, 1.165) is 32.2 Å². The van der Waals surface area contributed by atoms with Gasteiger partial charge in [-0.25, -0.2) is 0 Å². The standard InChI is InChI=1S/C12H26N2O/c1-10(2)12(8-13)14(3)6-7-15-9-11-4-5-11/h10-12H,4-9,13H2,1-3H3. The fraction of sp³-hybridized carbons (Fsp3) is 1.00. The Morgan fingerprint density at radius 1 is 1.40 bits per heavy atom. The van der Waals surface area contributed by atoms with Gasteiger partial charge in [-0.05, 0) is 31.7 Å². The van der Waals surface area contributed by atoms with Crippen molar-refractivity contribution in [2.45, 2.75) is 32.7 Å². The Morgan fingerprint density at radius 2 is 2.07 bits per heavy atom. The Bertz CT molecular complexity index is 169. The summed E-state index contributed by atoms with van der Waals surface area (Å²) in [7, 11) is 2.14. The average Bonchev–Trinajstić information content (AvgIpc) is 2.96. The maximum absolute atomic E-state index is 5.75. The van der Waals surface area contributed by atoms with Crippen LogP contribution in [0.25, 0.3) is 0 Å². The molecule has 0 aliphatic heterocycles. The molecule has 1 saturated carbocycles. The lowest BCUT2D eigenvalue weighted by molar-refractivity contribution is 0.0843. The second kappa shape index (κ2) is 6.46. The molecule has 3 nitrogen and oxygen atoms in total. The smallest absolute Gasteiger partial charge is 0.0593 e. The number of hydrogen-bond donors (Lipinski definition) is 1. The maximum Gasteiger partial charge on any atom is 0.0593 e. The van der Waals surface area contributed by atoms with Crippen molar-refractivity contribution in [1.29, 1.82) is 0 Å². The summed E-state index contributed by atoms with van der Waals surface area (Å²) in [6, 6.07) is 0.481. The van der Waals surface area contributed by atoms with Crippen LogP contribution >= 0.6 is 0 Å². The molecule has 0 heterocycles. The van der Waals surface area contributed by atoms with Crippen molar-refractivity contribution in [2.24, 2.45) is 17.6 Å². The van der Waals surface area contributed by atoms with Gasteiger partial charge in [0.15, 0.2) is 0 Å². The van der Waals surface area contributed by atoms with Crippen LogP contribution in [0.4, 0.5) is 0 Å². The molecular weight excluding hydrogens is 188 g/mol. The summed E-state index contributed by atoms with van der Waals surface area (Å²) >= 11 is 0. The average molecular weight is 214 g/mol. The molecule has 90 valence electrons. The molecule has 0 saturated heterocycles. The summed E-state index contributed by atoms with van der Waals surface area (Å²) in [5, 5.41) is 0. The third kappa shape index (κ3) is 4.96. The van der Waals surface area contributed by atoms with Crippen molar-refractivity contribution in [3.63, 3.8) is 0 Å². The Hall–Kier alpha value is -0.120. The number of likely N-dealkylation sites (N-methyl/N-ethyl adjacent to an activating group) is 1. The summed E-state index contributed by atoms with van der Waals surface area (Å²) in [6.45, 7) is 7.97. The van der Waals surface area contributed by atoms with Crippen molar-refractivity contribution in [3.8, 4) is 0 Å². The molecule has 0 amide bonds. The van der Waals surface area contributed by atoms with Gasteiger partial charge in [-0.1, -0.05) is 13.8 Å². The van der Waals surface area contributed by atoms with Gasteiger partial charge in [0.1, 0.15) is 0 Å². The zero-order valence-corrected chi connectivity index (χ0v) is 10.4. The van der Waals surface area contributed by atoms with E-state index < -0.39 is 0 Å². The highest BCUT2D eigenvalue weighted by Crippen LogP contribution is 2.28. The van der Waals surface area contributed by atoms with Crippen molar-refractivity contribution >= 4 is 0 Å². The topological polar surface area (TPSA) is 38.5 Å². The number of ether oxygens (including phenoxy) is 1. The quantitative estimate of drug-likeness (QED) is 0.620. The van der Waals surface area contributed by atoms with Gasteiger partial charge < -0.3 is 10.5 Å². The molecule has 0 aromatic rings. The first kappa shape index (κ1) is 12.9. The molecule has 0 aromatic heterocycles. The molecule has 0 aromatic carbocycles. The first-order valence-electron chi connectivity index (χ1n) is 6.13. The zero-order valence-electron chi connectivity index (χ0n) is 10.4. The minimum absolute atomic E-state index is 0.481. The van der Waals surface area contributed by atoms with E-state index in [4.69, 9.17) is 10.5 Å². The molecule has 1 fully saturated rings. The molecule has 2 N–H and O–H groups in total. The van der Waals surface area contributed by atoms with Gasteiger partial charge in [-0.3, -0.25) is 4.90 Å². The van der Waals surface area contributed by atoms with Crippen LogP contribution in [0.3, 0.4) is 0 Å². The number of hydrogen-bond acceptors (Lipinski definition) is 3. The van der Waals surface area contributed by atoms with Gasteiger partial charge in [-0.2, -0.15) is 0 Å². The molecule has 1 aliphatic carbocycles. The summed E-state index contributed by atoms with van der Waals surface area (Å²) < 4.78 is 5.62. The van der Waals surface area contributed by atoms with Crippen LogP contribution in [0.15, 0.2) is 0 Å². The van der Waals surface area contributed by atoms with E-state index in [0.29, 0.717) is 12.0 Å². The van der Waals surface area contributed by atoms with E-state index in [1.807, 2.05) is 0 Å². The van der Waals surface area contributed by atoms with E-state index in [-0.39, 0.29) is 0 Å². The predicted octanol–water partition coefficient (Wildman–Crippen LogP) is 1.33. The maximum atomic E-state index is 5.75. The summed E-state index contributed by atoms with van der Waals surface area (Å²) in [5.41, 5.74) is 5.75. The van der Waals surface area contributed by atoms with E-state index in [1.165, 1.54) is 12.8 Å². The summed E-state index contributed by atoms with van der Waals surface area (Å²) in [6.07, 6.45) is 2.74. The fourth-order valence-corrected chi connectivity index (χ4v) is 1.87. The second-order valence-electron chi connectivity index (χ2n) is 5.05. The second-order valence-corrected chi connectivity index (χ2v) is 5.05. The SMILES string of the molecule is CC(C)C(CN)N(C)CCOCC1CC1. The van der Waals surface area contributed by atoms with Crippen LogP contribution in [-0.2, 0) is 4.74 Å². The minimum Gasteiger partial charge on any atom is -0.380 e. The molecule has 15 heavy (non-hydrogen) atoms. The van der Waals surface area contributed by atoms with Gasteiger partial charge in [-0.15, -0.1) is 0 Å².